The molecule has 0 radical (unpaired) electrons. The zero-order valence-corrected chi connectivity index (χ0v) is 11.4. The van der Waals surface area contributed by atoms with E-state index in [4.69, 9.17) is 10.5 Å². The monoisotopic (exact) mass is 264 g/mol. The first-order valence-corrected chi connectivity index (χ1v) is 6.29. The van der Waals surface area contributed by atoms with Crippen LogP contribution >= 0.6 is 0 Å². The zero-order valence-electron chi connectivity index (χ0n) is 11.4. The molecule has 0 bridgehead atoms. The predicted molar refractivity (Wildman–Crippen MR) is 73.1 cm³/mol. The topological polar surface area (TPSA) is 84.6 Å². The second-order valence-corrected chi connectivity index (χ2v) is 5.53. The average molecular weight is 264 g/mol. The van der Waals surface area contributed by atoms with E-state index in [1.807, 2.05) is 13.8 Å². The molecular weight excluding hydrogens is 244 g/mol. The molecule has 1 aliphatic rings. The Morgan fingerprint density at radius 2 is 2.21 bits per heavy atom. The van der Waals surface area contributed by atoms with Crippen molar-refractivity contribution in [1.82, 2.24) is 5.32 Å². The summed E-state index contributed by atoms with van der Waals surface area (Å²) in [6, 6.07) is 5.04. The van der Waals surface area contributed by atoms with Gasteiger partial charge in [-0.25, -0.2) is 0 Å². The molecule has 4 N–H and O–H groups in total. The highest BCUT2D eigenvalue weighted by Gasteiger charge is 2.48. The fourth-order valence-corrected chi connectivity index (χ4v) is 2.34. The summed E-state index contributed by atoms with van der Waals surface area (Å²) in [5.41, 5.74) is 6.32. The lowest BCUT2D eigenvalue weighted by atomic mass is 9.64. The van der Waals surface area contributed by atoms with Gasteiger partial charge in [-0.1, -0.05) is 19.9 Å². The number of nitrogen functional groups attached to an aromatic ring is 1. The Morgan fingerprint density at radius 1 is 1.53 bits per heavy atom. The smallest absolute Gasteiger partial charge is 0.255 e. The van der Waals surface area contributed by atoms with Gasteiger partial charge in [0.15, 0.2) is 5.75 Å². The third-order valence-corrected chi connectivity index (χ3v) is 4.02. The van der Waals surface area contributed by atoms with Gasteiger partial charge in [-0.3, -0.25) is 4.79 Å². The van der Waals surface area contributed by atoms with Crippen molar-refractivity contribution < 1.29 is 14.6 Å². The molecule has 1 amide bonds. The number of hydrogen-bond acceptors (Lipinski definition) is 4. The molecule has 1 saturated carbocycles. The molecule has 1 aromatic rings. The number of nitrogens with two attached hydrogens (primary N) is 1. The fourth-order valence-electron chi connectivity index (χ4n) is 2.34. The first-order valence-electron chi connectivity index (χ1n) is 6.29. The number of carbonyl (C=O) groups is 1. The molecule has 0 spiro atoms. The minimum absolute atomic E-state index is 0.0406. The van der Waals surface area contributed by atoms with Gasteiger partial charge in [-0.2, -0.15) is 0 Å². The molecule has 2 rings (SSSR count). The lowest BCUT2D eigenvalue weighted by Gasteiger charge is -2.49. The van der Waals surface area contributed by atoms with Crippen molar-refractivity contribution in [2.45, 2.75) is 32.4 Å². The van der Waals surface area contributed by atoms with Gasteiger partial charge in [-0.05, 0) is 18.6 Å². The second kappa shape index (κ2) is 4.74. The highest BCUT2D eigenvalue weighted by atomic mass is 16.5. The fraction of sp³-hybridized carbons (Fsp3) is 0.500. The van der Waals surface area contributed by atoms with Crippen molar-refractivity contribution in [2.24, 2.45) is 5.41 Å². The lowest BCUT2D eigenvalue weighted by molar-refractivity contribution is -0.0689. The van der Waals surface area contributed by atoms with Gasteiger partial charge >= 0.3 is 0 Å². The van der Waals surface area contributed by atoms with Crippen LogP contribution in [0.15, 0.2) is 18.2 Å². The molecule has 19 heavy (non-hydrogen) atoms. The van der Waals surface area contributed by atoms with Crippen LogP contribution in [0.1, 0.15) is 30.6 Å². The number of para-hydroxylation sites is 1. The largest absolute Gasteiger partial charge is 0.494 e. The number of carbonyl (C=O) groups excluding carboxylic acids is 1. The van der Waals surface area contributed by atoms with Crippen LogP contribution in [0.4, 0.5) is 5.69 Å². The van der Waals surface area contributed by atoms with E-state index in [1.165, 1.54) is 7.11 Å². The SMILES string of the molecule is COc1c(N)cccc1C(=O)NC1CC(O)C1(C)C. The highest BCUT2D eigenvalue weighted by Crippen LogP contribution is 2.40. The Hall–Kier alpha value is -1.75. The third kappa shape index (κ3) is 2.26. The van der Waals surface area contributed by atoms with Crippen molar-refractivity contribution in [3.05, 3.63) is 23.8 Å². The molecule has 2 atom stereocenters. The highest BCUT2D eigenvalue weighted by molar-refractivity contribution is 5.98. The van der Waals surface area contributed by atoms with E-state index in [-0.39, 0.29) is 23.5 Å². The molecule has 1 aromatic carbocycles. The molecule has 1 fully saturated rings. The Balaban J connectivity index is 2.16. The Morgan fingerprint density at radius 3 is 2.74 bits per heavy atom. The van der Waals surface area contributed by atoms with Crippen LogP contribution in [-0.4, -0.2) is 30.3 Å². The number of aliphatic hydroxyl groups is 1. The van der Waals surface area contributed by atoms with Gasteiger partial charge in [0.25, 0.3) is 5.91 Å². The van der Waals surface area contributed by atoms with Crippen LogP contribution in [0.5, 0.6) is 5.75 Å². The first kappa shape index (κ1) is 13.7. The second-order valence-electron chi connectivity index (χ2n) is 5.53. The maximum Gasteiger partial charge on any atom is 0.255 e. The summed E-state index contributed by atoms with van der Waals surface area (Å²) in [6.45, 7) is 3.87. The summed E-state index contributed by atoms with van der Waals surface area (Å²) in [5, 5.41) is 12.6. The van der Waals surface area contributed by atoms with E-state index >= 15 is 0 Å². The van der Waals surface area contributed by atoms with Crippen LogP contribution in [0, 0.1) is 5.41 Å². The van der Waals surface area contributed by atoms with Gasteiger partial charge in [0, 0.05) is 11.5 Å². The van der Waals surface area contributed by atoms with Gasteiger partial charge < -0.3 is 20.9 Å². The van der Waals surface area contributed by atoms with Crippen molar-refractivity contribution >= 4 is 11.6 Å². The van der Waals surface area contributed by atoms with E-state index in [0.29, 0.717) is 23.4 Å². The summed E-state index contributed by atoms with van der Waals surface area (Å²) in [6.07, 6.45) is 0.198. The lowest BCUT2D eigenvalue weighted by Crippen LogP contribution is -2.61. The van der Waals surface area contributed by atoms with Crippen molar-refractivity contribution in [3.8, 4) is 5.75 Å². The predicted octanol–water partition coefficient (Wildman–Crippen LogP) is 1.17. The standard InChI is InChI=1S/C14H20N2O3/c1-14(2)10(7-11(14)17)16-13(18)8-5-4-6-9(15)12(8)19-3/h4-6,10-11,17H,7,15H2,1-3H3,(H,16,18). The molecule has 0 heterocycles. The van der Waals surface area contributed by atoms with Gasteiger partial charge in [0.05, 0.1) is 24.5 Å². The quantitative estimate of drug-likeness (QED) is 0.715. The number of amides is 1. The summed E-state index contributed by atoms with van der Waals surface area (Å²) in [4.78, 5) is 12.2. The van der Waals surface area contributed by atoms with Crippen LogP contribution < -0.4 is 15.8 Å². The number of anilines is 1. The van der Waals surface area contributed by atoms with E-state index in [0.717, 1.165) is 0 Å². The average Bonchev–Trinajstić information content (AvgIpc) is 2.38. The molecule has 0 aliphatic heterocycles. The first-order chi connectivity index (χ1) is 8.87. The zero-order chi connectivity index (χ0) is 14.2. The molecular formula is C14H20N2O3. The molecule has 0 aromatic heterocycles. The number of methoxy groups -OCH3 is 1. The Bertz CT molecular complexity index is 499. The molecule has 0 saturated heterocycles. The number of aliphatic hydroxyl groups excluding tert-OH is 1. The number of hydrogen-bond donors (Lipinski definition) is 3. The minimum Gasteiger partial charge on any atom is -0.494 e. The molecule has 5 heteroatoms. The summed E-state index contributed by atoms with van der Waals surface area (Å²) in [5.74, 6) is 0.159. The minimum atomic E-state index is -0.375. The van der Waals surface area contributed by atoms with Crippen LogP contribution in [0.25, 0.3) is 0 Å². The maximum atomic E-state index is 12.2. The maximum absolute atomic E-state index is 12.2. The summed E-state index contributed by atoms with van der Waals surface area (Å²) >= 11 is 0. The van der Waals surface area contributed by atoms with Crippen LogP contribution in [-0.2, 0) is 0 Å². The van der Waals surface area contributed by atoms with Gasteiger partial charge in [0.2, 0.25) is 0 Å². The summed E-state index contributed by atoms with van der Waals surface area (Å²) < 4.78 is 5.17. The van der Waals surface area contributed by atoms with Crippen LogP contribution in [0.3, 0.4) is 0 Å². The molecule has 2 unspecified atom stereocenters. The van der Waals surface area contributed by atoms with E-state index < -0.39 is 0 Å². The van der Waals surface area contributed by atoms with Crippen molar-refractivity contribution in [2.75, 3.05) is 12.8 Å². The van der Waals surface area contributed by atoms with Gasteiger partial charge in [0.1, 0.15) is 0 Å². The molecule has 104 valence electrons. The number of ether oxygens (including phenoxy) is 1. The Labute approximate surface area is 112 Å². The van der Waals surface area contributed by atoms with Crippen molar-refractivity contribution in [1.29, 1.82) is 0 Å². The number of nitrogens with one attached hydrogen (secondary N) is 1. The van der Waals surface area contributed by atoms with Gasteiger partial charge in [-0.15, -0.1) is 0 Å². The molecule has 5 nitrogen and oxygen atoms in total. The normalized spacial score (nSPS) is 24.4. The summed E-state index contributed by atoms with van der Waals surface area (Å²) in [7, 11) is 1.49. The van der Waals surface area contributed by atoms with Crippen LogP contribution in [0.2, 0.25) is 0 Å². The molecule has 1 aliphatic carbocycles. The van der Waals surface area contributed by atoms with E-state index in [2.05, 4.69) is 5.32 Å². The third-order valence-electron chi connectivity index (χ3n) is 4.02. The van der Waals surface area contributed by atoms with Crippen molar-refractivity contribution in [3.63, 3.8) is 0 Å². The number of rotatable bonds is 3. The van der Waals surface area contributed by atoms with E-state index in [9.17, 15) is 9.90 Å². The van der Waals surface area contributed by atoms with E-state index in [1.54, 1.807) is 18.2 Å². The Kier molecular flexibility index (Phi) is 3.41. The number of benzene rings is 1.